The summed E-state index contributed by atoms with van der Waals surface area (Å²) in [6.07, 6.45) is 2.02. The van der Waals surface area contributed by atoms with E-state index in [-0.39, 0.29) is 12.1 Å². The summed E-state index contributed by atoms with van der Waals surface area (Å²) in [5, 5.41) is 3.27. The van der Waals surface area contributed by atoms with Gasteiger partial charge in [0.2, 0.25) is 0 Å². The molecule has 5 heteroatoms. The van der Waals surface area contributed by atoms with Gasteiger partial charge in [0.1, 0.15) is 11.6 Å². The summed E-state index contributed by atoms with van der Waals surface area (Å²) in [5.41, 5.74) is 0.112. The largest absolute Gasteiger partial charge is 0.310 e. The van der Waals surface area contributed by atoms with E-state index in [0.29, 0.717) is 16.6 Å². The molecule has 19 heavy (non-hydrogen) atoms. The Labute approximate surface area is 121 Å². The Balaban J connectivity index is 1.98. The highest BCUT2D eigenvalue weighted by Gasteiger charge is 2.23. The lowest BCUT2D eigenvalue weighted by Gasteiger charge is -2.35. The lowest BCUT2D eigenvalue weighted by atomic mass is 9.98. The molecule has 0 aromatic heterocycles. The second-order valence-electron chi connectivity index (χ2n) is 5.25. The number of rotatable bonds is 3. The Bertz CT molecular complexity index is 453. The molecule has 0 amide bonds. The average molecular weight is 333 g/mol. The van der Waals surface area contributed by atoms with Crippen molar-refractivity contribution in [3.63, 3.8) is 0 Å². The van der Waals surface area contributed by atoms with E-state index in [4.69, 9.17) is 0 Å². The van der Waals surface area contributed by atoms with E-state index in [0.717, 1.165) is 19.4 Å². The maximum Gasteiger partial charge on any atom is 0.144 e. The SMILES string of the molecule is CC1CC(NCc2c(F)ccc(Br)c2F)CCN1C. The van der Waals surface area contributed by atoms with E-state index < -0.39 is 11.6 Å². The molecule has 2 unspecified atom stereocenters. The van der Waals surface area contributed by atoms with Crippen LogP contribution in [-0.4, -0.2) is 30.6 Å². The fourth-order valence-electron chi connectivity index (χ4n) is 2.45. The molecule has 1 aromatic rings. The Kier molecular flexibility index (Phi) is 4.92. The highest BCUT2D eigenvalue weighted by molar-refractivity contribution is 9.10. The van der Waals surface area contributed by atoms with Crippen molar-refractivity contribution in [2.75, 3.05) is 13.6 Å². The maximum atomic E-state index is 13.8. The minimum Gasteiger partial charge on any atom is -0.310 e. The first-order valence-electron chi connectivity index (χ1n) is 6.55. The minimum absolute atomic E-state index is 0.112. The van der Waals surface area contributed by atoms with E-state index >= 15 is 0 Å². The number of hydrogen-bond donors (Lipinski definition) is 1. The third kappa shape index (κ3) is 3.52. The molecule has 1 aromatic carbocycles. The van der Waals surface area contributed by atoms with Gasteiger partial charge < -0.3 is 10.2 Å². The molecule has 2 atom stereocenters. The number of hydrogen-bond acceptors (Lipinski definition) is 2. The first kappa shape index (κ1) is 14.9. The van der Waals surface area contributed by atoms with Crippen LogP contribution in [0.5, 0.6) is 0 Å². The van der Waals surface area contributed by atoms with Gasteiger partial charge >= 0.3 is 0 Å². The Morgan fingerprint density at radius 2 is 2.16 bits per heavy atom. The van der Waals surface area contributed by atoms with Crippen molar-refractivity contribution in [1.82, 2.24) is 10.2 Å². The monoisotopic (exact) mass is 332 g/mol. The summed E-state index contributed by atoms with van der Waals surface area (Å²) in [6.45, 7) is 3.43. The van der Waals surface area contributed by atoms with Crippen LogP contribution in [0, 0.1) is 11.6 Å². The number of likely N-dealkylation sites (tertiary alicyclic amines) is 1. The van der Waals surface area contributed by atoms with E-state index in [1.54, 1.807) is 0 Å². The van der Waals surface area contributed by atoms with Gasteiger partial charge in [-0.1, -0.05) is 0 Å². The molecule has 2 nitrogen and oxygen atoms in total. The lowest BCUT2D eigenvalue weighted by Crippen LogP contribution is -2.45. The van der Waals surface area contributed by atoms with Crippen LogP contribution in [0.25, 0.3) is 0 Å². The number of nitrogens with zero attached hydrogens (tertiary/aromatic N) is 1. The zero-order valence-corrected chi connectivity index (χ0v) is 12.8. The van der Waals surface area contributed by atoms with Crippen LogP contribution >= 0.6 is 15.9 Å². The molecule has 1 heterocycles. The van der Waals surface area contributed by atoms with Gasteiger partial charge in [0.05, 0.1) is 4.47 Å². The van der Waals surface area contributed by atoms with Gasteiger partial charge in [0.25, 0.3) is 0 Å². The quantitative estimate of drug-likeness (QED) is 0.854. The van der Waals surface area contributed by atoms with Crippen molar-refractivity contribution in [1.29, 1.82) is 0 Å². The van der Waals surface area contributed by atoms with Crippen LogP contribution < -0.4 is 5.32 Å². The van der Waals surface area contributed by atoms with Gasteiger partial charge in [0, 0.05) is 24.2 Å². The van der Waals surface area contributed by atoms with E-state index in [1.807, 2.05) is 0 Å². The van der Waals surface area contributed by atoms with Crippen LogP contribution in [0.1, 0.15) is 25.3 Å². The topological polar surface area (TPSA) is 15.3 Å². The van der Waals surface area contributed by atoms with Crippen LogP contribution in [-0.2, 0) is 6.54 Å². The molecule has 1 fully saturated rings. The Hall–Kier alpha value is -0.520. The smallest absolute Gasteiger partial charge is 0.144 e. The average Bonchev–Trinajstić information content (AvgIpc) is 2.38. The second kappa shape index (κ2) is 6.29. The van der Waals surface area contributed by atoms with Gasteiger partial charge in [-0.05, 0) is 61.4 Å². The molecule has 0 radical (unpaired) electrons. The maximum absolute atomic E-state index is 13.8. The zero-order chi connectivity index (χ0) is 14.0. The Morgan fingerprint density at radius 3 is 2.84 bits per heavy atom. The third-order valence-corrected chi connectivity index (χ3v) is 4.53. The van der Waals surface area contributed by atoms with Gasteiger partial charge in [-0.3, -0.25) is 0 Å². The van der Waals surface area contributed by atoms with Crippen LogP contribution in [0.4, 0.5) is 8.78 Å². The van der Waals surface area contributed by atoms with E-state index in [9.17, 15) is 8.78 Å². The molecule has 1 N–H and O–H groups in total. The molecule has 1 aliphatic heterocycles. The second-order valence-corrected chi connectivity index (χ2v) is 6.11. The number of piperidine rings is 1. The van der Waals surface area contributed by atoms with Gasteiger partial charge in [-0.15, -0.1) is 0 Å². The summed E-state index contributed by atoms with van der Waals surface area (Å²) in [7, 11) is 2.11. The predicted octanol–water partition coefficient (Wildman–Crippen LogP) is 3.30. The molecular weight excluding hydrogens is 314 g/mol. The standard InChI is InChI=1S/C14H19BrF2N2/c1-9-7-10(5-6-19(9)2)18-8-11-13(16)4-3-12(15)14(11)17/h3-4,9-10,18H,5-8H2,1-2H3. The molecule has 2 rings (SSSR count). The van der Waals surface area contributed by atoms with E-state index in [1.165, 1.54) is 12.1 Å². The predicted molar refractivity (Wildman–Crippen MR) is 76.0 cm³/mol. The summed E-state index contributed by atoms with van der Waals surface area (Å²) >= 11 is 3.09. The Morgan fingerprint density at radius 1 is 1.42 bits per heavy atom. The highest BCUT2D eigenvalue weighted by atomic mass is 79.9. The number of halogens is 3. The van der Waals surface area contributed by atoms with Crippen molar-refractivity contribution in [2.45, 2.75) is 38.4 Å². The van der Waals surface area contributed by atoms with E-state index in [2.05, 4.69) is 40.1 Å². The molecule has 106 valence electrons. The van der Waals surface area contributed by atoms with Gasteiger partial charge in [0.15, 0.2) is 0 Å². The first-order valence-corrected chi connectivity index (χ1v) is 7.34. The molecule has 0 bridgehead atoms. The molecule has 0 spiro atoms. The number of nitrogens with one attached hydrogen (secondary N) is 1. The first-order chi connectivity index (χ1) is 8.99. The number of benzene rings is 1. The normalized spacial score (nSPS) is 24.7. The van der Waals surface area contributed by atoms with Crippen molar-refractivity contribution < 1.29 is 8.78 Å². The van der Waals surface area contributed by atoms with Crippen LogP contribution in [0.3, 0.4) is 0 Å². The van der Waals surface area contributed by atoms with Gasteiger partial charge in [-0.25, -0.2) is 8.78 Å². The molecule has 0 saturated carbocycles. The van der Waals surface area contributed by atoms with Crippen LogP contribution in [0.2, 0.25) is 0 Å². The summed E-state index contributed by atoms with van der Waals surface area (Å²) in [4.78, 5) is 2.30. The zero-order valence-electron chi connectivity index (χ0n) is 11.2. The minimum atomic E-state index is -0.506. The van der Waals surface area contributed by atoms with Gasteiger partial charge in [-0.2, -0.15) is 0 Å². The van der Waals surface area contributed by atoms with Crippen molar-refractivity contribution in [2.24, 2.45) is 0 Å². The summed E-state index contributed by atoms with van der Waals surface area (Å²) < 4.78 is 27.7. The summed E-state index contributed by atoms with van der Waals surface area (Å²) in [6, 6.07) is 3.51. The van der Waals surface area contributed by atoms with Crippen LogP contribution in [0.15, 0.2) is 16.6 Å². The fourth-order valence-corrected chi connectivity index (χ4v) is 2.82. The molecular formula is C14H19BrF2N2. The molecule has 1 aliphatic rings. The van der Waals surface area contributed by atoms with Crippen molar-refractivity contribution in [3.05, 3.63) is 33.8 Å². The molecule has 0 aliphatic carbocycles. The summed E-state index contributed by atoms with van der Waals surface area (Å²) in [5.74, 6) is -0.998. The van der Waals surface area contributed by atoms with Crippen molar-refractivity contribution in [3.8, 4) is 0 Å². The third-order valence-electron chi connectivity index (χ3n) is 3.91. The fraction of sp³-hybridized carbons (Fsp3) is 0.571. The highest BCUT2D eigenvalue weighted by Crippen LogP contribution is 2.22. The molecule has 1 saturated heterocycles. The lowest BCUT2D eigenvalue weighted by molar-refractivity contribution is 0.167. The van der Waals surface area contributed by atoms with Crippen molar-refractivity contribution >= 4 is 15.9 Å².